The minimum absolute atomic E-state index is 0.0125. The lowest BCUT2D eigenvalue weighted by molar-refractivity contribution is -0.148. The Hall–Kier alpha value is -2.28. The first-order chi connectivity index (χ1) is 9.33. The summed E-state index contributed by atoms with van der Waals surface area (Å²) in [6.07, 6.45) is 0. The van der Waals surface area contributed by atoms with Crippen molar-refractivity contribution in [1.82, 2.24) is 5.32 Å². The monoisotopic (exact) mass is 281 g/mol. The largest absolute Gasteiger partial charge is 0.508 e. The van der Waals surface area contributed by atoms with Gasteiger partial charge in [0, 0.05) is 11.6 Å². The molecule has 108 valence electrons. The molecule has 7 nitrogen and oxygen atoms in total. The molecular formula is C13H15NO6. The molecule has 7 heteroatoms. The van der Waals surface area contributed by atoms with Gasteiger partial charge in [-0.3, -0.25) is 9.59 Å². The number of carboxylic acid groups (broad SMARTS) is 1. The lowest BCUT2D eigenvalue weighted by Gasteiger charge is -2.25. The van der Waals surface area contributed by atoms with Crippen LogP contribution in [0, 0.1) is 5.41 Å². The van der Waals surface area contributed by atoms with Crippen molar-refractivity contribution < 1.29 is 29.6 Å². The first-order valence-electron chi connectivity index (χ1n) is 5.98. The topological polar surface area (TPSA) is 116 Å². The Balaban J connectivity index is 2.17. The SMILES string of the molecule is CC1(C(=O)O)COCC1NC(=O)c1cc(O)cc(O)c1. The summed E-state index contributed by atoms with van der Waals surface area (Å²) in [5, 5.41) is 30.4. The van der Waals surface area contributed by atoms with E-state index in [1.54, 1.807) is 0 Å². The molecule has 0 bridgehead atoms. The Bertz CT molecular complexity index is 538. The van der Waals surface area contributed by atoms with E-state index in [1.165, 1.54) is 19.1 Å². The van der Waals surface area contributed by atoms with E-state index in [2.05, 4.69) is 5.32 Å². The number of rotatable bonds is 3. The van der Waals surface area contributed by atoms with Crippen molar-refractivity contribution in [1.29, 1.82) is 0 Å². The Morgan fingerprint density at radius 2 is 1.90 bits per heavy atom. The predicted molar refractivity (Wildman–Crippen MR) is 67.6 cm³/mol. The van der Waals surface area contributed by atoms with Crippen LogP contribution in [0.4, 0.5) is 0 Å². The summed E-state index contributed by atoms with van der Waals surface area (Å²) in [6, 6.07) is 2.78. The summed E-state index contributed by atoms with van der Waals surface area (Å²) in [4.78, 5) is 23.3. The average molecular weight is 281 g/mol. The number of hydrogen-bond donors (Lipinski definition) is 4. The number of carbonyl (C=O) groups excluding carboxylic acids is 1. The third-order valence-corrected chi connectivity index (χ3v) is 3.41. The Morgan fingerprint density at radius 1 is 1.30 bits per heavy atom. The number of ether oxygens (including phenoxy) is 1. The second kappa shape index (κ2) is 5.01. The Morgan fingerprint density at radius 3 is 2.45 bits per heavy atom. The summed E-state index contributed by atoms with van der Waals surface area (Å²) >= 11 is 0. The normalized spacial score (nSPS) is 25.4. The van der Waals surface area contributed by atoms with Gasteiger partial charge in [-0.05, 0) is 19.1 Å². The number of nitrogens with one attached hydrogen (secondary N) is 1. The summed E-state index contributed by atoms with van der Waals surface area (Å²) in [7, 11) is 0. The van der Waals surface area contributed by atoms with Gasteiger partial charge in [-0.2, -0.15) is 0 Å². The van der Waals surface area contributed by atoms with Crippen LogP contribution in [0.15, 0.2) is 18.2 Å². The van der Waals surface area contributed by atoms with Crippen LogP contribution in [0.25, 0.3) is 0 Å². The maximum Gasteiger partial charge on any atom is 0.313 e. The predicted octanol–water partition coefficient (Wildman–Crippen LogP) is 0.317. The van der Waals surface area contributed by atoms with E-state index in [0.717, 1.165) is 6.07 Å². The molecule has 0 saturated carbocycles. The molecule has 2 unspecified atom stereocenters. The molecule has 1 heterocycles. The van der Waals surface area contributed by atoms with Crippen molar-refractivity contribution in [3.63, 3.8) is 0 Å². The van der Waals surface area contributed by atoms with Gasteiger partial charge in [0.25, 0.3) is 5.91 Å². The smallest absolute Gasteiger partial charge is 0.313 e. The first-order valence-corrected chi connectivity index (χ1v) is 5.98. The maximum atomic E-state index is 12.0. The molecule has 4 N–H and O–H groups in total. The molecule has 0 spiro atoms. The Labute approximate surface area is 114 Å². The molecule has 2 atom stereocenters. The molecule has 1 aromatic rings. The zero-order valence-electron chi connectivity index (χ0n) is 10.8. The van der Waals surface area contributed by atoms with Crippen LogP contribution in [-0.2, 0) is 9.53 Å². The number of aliphatic carboxylic acids is 1. The summed E-state index contributed by atoms with van der Waals surface area (Å²) in [6.45, 7) is 1.60. The maximum absolute atomic E-state index is 12.0. The molecule has 2 rings (SSSR count). The molecule has 1 aliphatic heterocycles. The van der Waals surface area contributed by atoms with Crippen LogP contribution in [-0.4, -0.2) is 46.5 Å². The van der Waals surface area contributed by atoms with Crippen LogP contribution < -0.4 is 5.32 Å². The molecular weight excluding hydrogens is 266 g/mol. The van der Waals surface area contributed by atoms with Crippen molar-refractivity contribution in [2.45, 2.75) is 13.0 Å². The number of benzene rings is 1. The molecule has 1 amide bonds. The van der Waals surface area contributed by atoms with E-state index in [4.69, 9.17) is 4.74 Å². The van der Waals surface area contributed by atoms with Crippen LogP contribution >= 0.6 is 0 Å². The second-order valence-corrected chi connectivity index (χ2v) is 5.00. The molecule has 0 aromatic heterocycles. The van der Waals surface area contributed by atoms with Gasteiger partial charge in [-0.15, -0.1) is 0 Å². The van der Waals surface area contributed by atoms with Gasteiger partial charge >= 0.3 is 5.97 Å². The minimum atomic E-state index is -1.20. The quantitative estimate of drug-likeness (QED) is 0.634. The molecule has 1 aliphatic rings. The zero-order valence-corrected chi connectivity index (χ0v) is 10.8. The number of aromatic hydroxyl groups is 2. The molecule has 0 radical (unpaired) electrons. The lowest BCUT2D eigenvalue weighted by Crippen LogP contribution is -2.49. The van der Waals surface area contributed by atoms with Crippen LogP contribution in [0.1, 0.15) is 17.3 Å². The van der Waals surface area contributed by atoms with Crippen molar-refractivity contribution in [2.75, 3.05) is 13.2 Å². The number of carboxylic acids is 1. The van der Waals surface area contributed by atoms with Crippen molar-refractivity contribution in [2.24, 2.45) is 5.41 Å². The first kappa shape index (κ1) is 14.1. The van der Waals surface area contributed by atoms with E-state index in [1.807, 2.05) is 0 Å². The van der Waals surface area contributed by atoms with Gasteiger partial charge in [0.1, 0.15) is 16.9 Å². The second-order valence-electron chi connectivity index (χ2n) is 5.00. The fourth-order valence-corrected chi connectivity index (χ4v) is 2.05. The van der Waals surface area contributed by atoms with E-state index >= 15 is 0 Å². The van der Waals surface area contributed by atoms with Crippen LogP contribution in [0.2, 0.25) is 0 Å². The number of hydrogen-bond acceptors (Lipinski definition) is 5. The third kappa shape index (κ3) is 2.53. The van der Waals surface area contributed by atoms with Gasteiger partial charge in [0.15, 0.2) is 0 Å². The van der Waals surface area contributed by atoms with Gasteiger partial charge in [0.2, 0.25) is 0 Å². The van der Waals surface area contributed by atoms with Gasteiger partial charge in [0.05, 0.1) is 19.3 Å². The highest BCUT2D eigenvalue weighted by molar-refractivity contribution is 5.95. The molecule has 1 aromatic carbocycles. The summed E-state index contributed by atoms with van der Waals surface area (Å²) in [5.41, 5.74) is -1.16. The van der Waals surface area contributed by atoms with Crippen LogP contribution in [0.3, 0.4) is 0 Å². The summed E-state index contributed by atoms with van der Waals surface area (Å²) < 4.78 is 5.12. The minimum Gasteiger partial charge on any atom is -0.508 e. The number of carbonyl (C=O) groups is 2. The van der Waals surface area contributed by atoms with E-state index < -0.39 is 23.3 Å². The summed E-state index contributed by atoms with van der Waals surface area (Å²) in [5.74, 6) is -2.14. The van der Waals surface area contributed by atoms with E-state index in [0.29, 0.717) is 0 Å². The highest BCUT2D eigenvalue weighted by atomic mass is 16.5. The van der Waals surface area contributed by atoms with Gasteiger partial charge in [-0.1, -0.05) is 0 Å². The molecule has 0 aliphatic carbocycles. The lowest BCUT2D eigenvalue weighted by atomic mass is 9.85. The fraction of sp³-hybridized carbons (Fsp3) is 0.385. The Kier molecular flexibility index (Phi) is 3.54. The highest BCUT2D eigenvalue weighted by Crippen LogP contribution is 2.29. The molecule has 1 fully saturated rings. The number of amides is 1. The van der Waals surface area contributed by atoms with Crippen molar-refractivity contribution in [3.05, 3.63) is 23.8 Å². The number of phenolic OH excluding ortho intramolecular Hbond substituents is 2. The van der Waals surface area contributed by atoms with Crippen molar-refractivity contribution >= 4 is 11.9 Å². The molecule has 1 saturated heterocycles. The highest BCUT2D eigenvalue weighted by Gasteiger charge is 2.47. The fourth-order valence-electron chi connectivity index (χ4n) is 2.05. The van der Waals surface area contributed by atoms with Gasteiger partial charge in [-0.25, -0.2) is 0 Å². The molecule has 20 heavy (non-hydrogen) atoms. The standard InChI is InChI=1S/C13H15NO6/c1-13(12(18)19)6-20-5-10(13)14-11(17)7-2-8(15)4-9(16)3-7/h2-4,10,15-16H,5-6H2,1H3,(H,14,17)(H,18,19). The number of phenols is 2. The van der Waals surface area contributed by atoms with Crippen molar-refractivity contribution in [3.8, 4) is 11.5 Å². The average Bonchev–Trinajstić information content (AvgIpc) is 2.71. The van der Waals surface area contributed by atoms with Gasteiger partial charge < -0.3 is 25.4 Å². The van der Waals surface area contributed by atoms with Crippen LogP contribution in [0.5, 0.6) is 11.5 Å². The zero-order chi connectivity index (χ0) is 14.9. The third-order valence-electron chi connectivity index (χ3n) is 3.41. The van der Waals surface area contributed by atoms with E-state index in [-0.39, 0.29) is 30.3 Å². The van der Waals surface area contributed by atoms with E-state index in [9.17, 15) is 24.9 Å².